The Bertz CT molecular complexity index is 718. The van der Waals surface area contributed by atoms with E-state index < -0.39 is 12.0 Å². The number of rotatable bonds is 3. The average Bonchev–Trinajstić information content (AvgIpc) is 2.43. The first-order chi connectivity index (χ1) is 9.90. The minimum absolute atomic E-state index is 0.0136. The molecule has 108 valence electrons. The van der Waals surface area contributed by atoms with Crippen molar-refractivity contribution in [3.63, 3.8) is 0 Å². The smallest absolute Gasteiger partial charge is 0.335 e. The molecule has 2 rings (SSSR count). The van der Waals surface area contributed by atoms with Crippen molar-refractivity contribution >= 4 is 35.0 Å². The Morgan fingerprint density at radius 2 is 1.86 bits per heavy atom. The highest BCUT2D eigenvalue weighted by molar-refractivity contribution is 6.31. The predicted molar refractivity (Wildman–Crippen MR) is 78.2 cm³/mol. The molecule has 0 atom stereocenters. The summed E-state index contributed by atoms with van der Waals surface area (Å²) in [6, 6.07) is 8.86. The zero-order valence-electron chi connectivity index (χ0n) is 10.7. The van der Waals surface area contributed by atoms with Gasteiger partial charge in [-0.3, -0.25) is 4.90 Å². The van der Waals surface area contributed by atoms with E-state index in [1.165, 1.54) is 42.5 Å². The van der Waals surface area contributed by atoms with Crippen molar-refractivity contribution in [3.8, 4) is 5.75 Å². The molecule has 0 aliphatic heterocycles. The Balaban J connectivity index is 2.59. The van der Waals surface area contributed by atoms with Crippen molar-refractivity contribution in [2.75, 3.05) is 4.90 Å². The maximum atomic E-state index is 11.7. The van der Waals surface area contributed by atoms with Crippen LogP contribution in [0.2, 0.25) is 5.02 Å². The molecule has 0 saturated carbocycles. The second-order valence-electron chi connectivity index (χ2n) is 4.16. The predicted octanol–water partition coefficient (Wildman–Crippen LogP) is 2.96. The third-order valence-electron chi connectivity index (χ3n) is 2.75. The molecule has 0 aliphatic rings. The van der Waals surface area contributed by atoms with Crippen LogP contribution in [0.15, 0.2) is 42.5 Å². The largest absolute Gasteiger partial charge is 0.506 e. The van der Waals surface area contributed by atoms with Crippen molar-refractivity contribution in [2.45, 2.75) is 0 Å². The summed E-state index contributed by atoms with van der Waals surface area (Å²) in [4.78, 5) is 23.7. The average molecular weight is 307 g/mol. The van der Waals surface area contributed by atoms with Gasteiger partial charge >= 0.3 is 12.0 Å². The van der Waals surface area contributed by atoms with Crippen LogP contribution < -0.4 is 10.6 Å². The van der Waals surface area contributed by atoms with Gasteiger partial charge in [0.15, 0.2) is 0 Å². The van der Waals surface area contributed by atoms with Gasteiger partial charge in [0.1, 0.15) is 5.75 Å². The standard InChI is InChI=1S/C14H11ClN2O4/c15-9-4-5-12(18)11(7-9)17(14(16)21)10-3-1-2-8(6-10)13(19)20/h1-7,18H,(H2,16,21)(H,19,20). The normalized spacial score (nSPS) is 10.1. The summed E-state index contributed by atoms with van der Waals surface area (Å²) in [7, 11) is 0. The maximum Gasteiger partial charge on any atom is 0.335 e. The van der Waals surface area contributed by atoms with Crippen LogP contribution in [-0.2, 0) is 0 Å². The molecule has 0 fully saturated rings. The van der Waals surface area contributed by atoms with Crippen molar-refractivity contribution < 1.29 is 19.8 Å². The molecule has 0 radical (unpaired) electrons. The lowest BCUT2D eigenvalue weighted by atomic mass is 10.1. The number of carboxylic acids is 1. The van der Waals surface area contributed by atoms with Gasteiger partial charge in [0, 0.05) is 5.02 Å². The van der Waals surface area contributed by atoms with Crippen molar-refractivity contribution in [3.05, 3.63) is 53.1 Å². The first kappa shape index (κ1) is 14.7. The van der Waals surface area contributed by atoms with Crippen LogP contribution in [0, 0.1) is 0 Å². The first-order valence-corrected chi connectivity index (χ1v) is 6.19. The van der Waals surface area contributed by atoms with Crippen LogP contribution in [0.25, 0.3) is 0 Å². The molecule has 0 bridgehead atoms. The second kappa shape index (κ2) is 5.72. The quantitative estimate of drug-likeness (QED) is 0.810. The molecule has 0 aliphatic carbocycles. The summed E-state index contributed by atoms with van der Waals surface area (Å²) in [6.45, 7) is 0. The van der Waals surface area contributed by atoms with E-state index in [2.05, 4.69) is 0 Å². The van der Waals surface area contributed by atoms with Crippen LogP contribution in [0.5, 0.6) is 5.75 Å². The van der Waals surface area contributed by atoms with Gasteiger partial charge in [-0.05, 0) is 36.4 Å². The fourth-order valence-corrected chi connectivity index (χ4v) is 2.01. The first-order valence-electron chi connectivity index (χ1n) is 5.81. The number of aromatic carboxylic acids is 1. The fourth-order valence-electron chi connectivity index (χ4n) is 1.84. The third kappa shape index (κ3) is 3.06. The molecular weight excluding hydrogens is 296 g/mol. The number of nitrogens with two attached hydrogens (primary N) is 1. The van der Waals surface area contributed by atoms with E-state index >= 15 is 0 Å². The molecule has 0 spiro atoms. The number of nitrogens with zero attached hydrogens (tertiary/aromatic N) is 1. The van der Waals surface area contributed by atoms with Crippen LogP contribution in [-0.4, -0.2) is 22.2 Å². The number of hydrogen-bond acceptors (Lipinski definition) is 3. The number of primary amides is 1. The van der Waals surface area contributed by atoms with E-state index in [0.717, 1.165) is 4.90 Å². The maximum absolute atomic E-state index is 11.7. The topological polar surface area (TPSA) is 104 Å². The van der Waals surface area contributed by atoms with E-state index in [-0.39, 0.29) is 22.7 Å². The Kier molecular flexibility index (Phi) is 4.00. The summed E-state index contributed by atoms with van der Waals surface area (Å²) in [5, 5.41) is 19.2. The Morgan fingerprint density at radius 3 is 2.48 bits per heavy atom. The highest BCUT2D eigenvalue weighted by Gasteiger charge is 2.20. The lowest BCUT2D eigenvalue weighted by molar-refractivity contribution is 0.0697. The minimum atomic E-state index is -1.14. The number of benzene rings is 2. The molecule has 0 saturated heterocycles. The molecule has 7 heteroatoms. The van der Waals surface area contributed by atoms with E-state index in [0.29, 0.717) is 5.02 Å². The third-order valence-corrected chi connectivity index (χ3v) is 2.99. The zero-order chi connectivity index (χ0) is 15.6. The minimum Gasteiger partial charge on any atom is -0.506 e. The Hall–Kier alpha value is -2.73. The van der Waals surface area contributed by atoms with Gasteiger partial charge in [-0.15, -0.1) is 0 Å². The van der Waals surface area contributed by atoms with E-state index in [1.54, 1.807) is 0 Å². The highest BCUT2D eigenvalue weighted by atomic mass is 35.5. The number of hydrogen-bond donors (Lipinski definition) is 3. The van der Waals surface area contributed by atoms with Crippen LogP contribution >= 0.6 is 11.6 Å². The number of phenolic OH excluding ortho intramolecular Hbond substituents is 1. The molecule has 2 amide bonds. The zero-order valence-corrected chi connectivity index (χ0v) is 11.4. The van der Waals surface area contributed by atoms with E-state index in [9.17, 15) is 14.7 Å². The molecule has 0 unspecified atom stereocenters. The summed E-state index contributed by atoms with van der Waals surface area (Å²) >= 11 is 5.85. The number of carbonyl (C=O) groups is 2. The molecule has 6 nitrogen and oxygen atoms in total. The lowest BCUT2D eigenvalue weighted by Crippen LogP contribution is -2.31. The number of amides is 2. The van der Waals surface area contributed by atoms with Gasteiger partial charge in [0.05, 0.1) is 16.9 Å². The monoisotopic (exact) mass is 306 g/mol. The fraction of sp³-hybridized carbons (Fsp3) is 0. The summed E-state index contributed by atoms with van der Waals surface area (Å²) in [6.07, 6.45) is 0. The van der Waals surface area contributed by atoms with Gasteiger partial charge in [-0.25, -0.2) is 9.59 Å². The molecule has 0 aromatic heterocycles. The van der Waals surface area contributed by atoms with Crippen LogP contribution in [0.4, 0.5) is 16.2 Å². The summed E-state index contributed by atoms with van der Waals surface area (Å²) < 4.78 is 0. The van der Waals surface area contributed by atoms with Gasteiger partial charge in [-0.2, -0.15) is 0 Å². The van der Waals surface area contributed by atoms with Gasteiger partial charge in [-0.1, -0.05) is 17.7 Å². The van der Waals surface area contributed by atoms with Crippen molar-refractivity contribution in [1.82, 2.24) is 0 Å². The SMILES string of the molecule is NC(=O)N(c1cccc(C(=O)O)c1)c1cc(Cl)ccc1O. The highest BCUT2D eigenvalue weighted by Crippen LogP contribution is 2.35. The van der Waals surface area contributed by atoms with E-state index in [4.69, 9.17) is 22.4 Å². The molecule has 2 aromatic rings. The van der Waals surface area contributed by atoms with Crippen LogP contribution in [0.3, 0.4) is 0 Å². The number of carboxylic acid groups (broad SMARTS) is 1. The molecule has 0 heterocycles. The van der Waals surface area contributed by atoms with Gasteiger partial charge in [0.2, 0.25) is 0 Å². The molecule has 2 aromatic carbocycles. The van der Waals surface area contributed by atoms with Gasteiger partial charge in [0.25, 0.3) is 0 Å². The number of halogens is 1. The Labute approximate surface area is 125 Å². The van der Waals surface area contributed by atoms with E-state index in [1.807, 2.05) is 0 Å². The summed E-state index contributed by atoms with van der Waals surface area (Å²) in [5.74, 6) is -1.35. The number of phenols is 1. The number of anilines is 2. The molecule has 21 heavy (non-hydrogen) atoms. The molecular formula is C14H11ClN2O4. The van der Waals surface area contributed by atoms with Gasteiger partial charge < -0.3 is 15.9 Å². The summed E-state index contributed by atoms with van der Waals surface area (Å²) in [5.41, 5.74) is 5.59. The lowest BCUT2D eigenvalue weighted by Gasteiger charge is -2.22. The van der Waals surface area contributed by atoms with Crippen LogP contribution in [0.1, 0.15) is 10.4 Å². The van der Waals surface area contributed by atoms with Crippen molar-refractivity contribution in [1.29, 1.82) is 0 Å². The number of carbonyl (C=O) groups excluding carboxylic acids is 1. The second-order valence-corrected chi connectivity index (χ2v) is 4.60. The number of urea groups is 1. The molecule has 4 N–H and O–H groups in total. The number of aromatic hydroxyl groups is 1. The van der Waals surface area contributed by atoms with Crippen molar-refractivity contribution in [2.24, 2.45) is 5.73 Å². The Morgan fingerprint density at radius 1 is 1.14 bits per heavy atom.